The molecule has 4 heteroatoms. The zero-order valence-electron chi connectivity index (χ0n) is 13.3. The zero-order valence-corrected chi connectivity index (χ0v) is 14.0. The van der Waals surface area contributed by atoms with Crippen LogP contribution in [0.1, 0.15) is 37.8 Å². The van der Waals surface area contributed by atoms with E-state index in [0.29, 0.717) is 17.3 Å². The minimum Gasteiger partial charge on any atom is -0.495 e. The van der Waals surface area contributed by atoms with Gasteiger partial charge in [0.05, 0.1) is 18.1 Å². The van der Waals surface area contributed by atoms with E-state index >= 15 is 0 Å². The van der Waals surface area contributed by atoms with E-state index in [4.69, 9.17) is 16.3 Å². The lowest BCUT2D eigenvalue weighted by Crippen LogP contribution is -2.31. The maximum absolute atomic E-state index is 12.8. The number of methoxy groups -OCH3 is 1. The molecule has 1 aliphatic heterocycles. The Kier molecular flexibility index (Phi) is 4.62. The van der Waals surface area contributed by atoms with Gasteiger partial charge in [-0.2, -0.15) is 0 Å². The molecule has 0 spiro atoms. The monoisotopic (exact) mass is 307 g/mol. The molecule has 0 bridgehead atoms. The third-order valence-corrected chi connectivity index (χ3v) is 4.58. The standard InChI is InChI=1S/C17H22ClNO2/c1-10(2)11(3)16-13-9-15(21-5)14(18)8-12(13)6-7-19(4)17(16)20/h8-9,16H,6-7H2,1-5H3. The molecule has 1 amide bonds. The molecule has 0 saturated heterocycles. The average Bonchev–Trinajstić information content (AvgIpc) is 2.56. The van der Waals surface area contributed by atoms with Crippen molar-refractivity contribution < 1.29 is 9.53 Å². The number of benzene rings is 1. The molecule has 0 saturated carbocycles. The number of hydrogen-bond donors (Lipinski definition) is 0. The van der Waals surface area contributed by atoms with E-state index in [0.717, 1.165) is 23.1 Å². The van der Waals surface area contributed by atoms with Gasteiger partial charge in [-0.1, -0.05) is 22.7 Å². The van der Waals surface area contributed by atoms with Crippen LogP contribution in [0.25, 0.3) is 0 Å². The molecule has 114 valence electrons. The molecule has 0 N–H and O–H groups in total. The summed E-state index contributed by atoms with van der Waals surface area (Å²) in [4.78, 5) is 14.6. The van der Waals surface area contributed by atoms with Crippen molar-refractivity contribution in [3.05, 3.63) is 39.4 Å². The van der Waals surface area contributed by atoms with Crippen LogP contribution in [0, 0.1) is 0 Å². The first-order valence-electron chi connectivity index (χ1n) is 7.12. The molecule has 0 radical (unpaired) electrons. The van der Waals surface area contributed by atoms with Crippen molar-refractivity contribution in [1.29, 1.82) is 0 Å². The molecular weight excluding hydrogens is 286 g/mol. The van der Waals surface area contributed by atoms with Crippen LogP contribution in [0.15, 0.2) is 23.3 Å². The summed E-state index contributed by atoms with van der Waals surface area (Å²) in [5, 5.41) is 0.599. The first-order chi connectivity index (χ1) is 9.86. The van der Waals surface area contributed by atoms with Crippen LogP contribution < -0.4 is 4.74 Å². The molecule has 1 aromatic rings. The number of nitrogens with zero attached hydrogens (tertiary/aromatic N) is 1. The summed E-state index contributed by atoms with van der Waals surface area (Å²) in [6, 6.07) is 3.86. The van der Waals surface area contributed by atoms with Gasteiger partial charge in [-0.25, -0.2) is 0 Å². The molecule has 2 rings (SSSR count). The van der Waals surface area contributed by atoms with E-state index in [-0.39, 0.29) is 11.8 Å². The number of halogens is 1. The maximum atomic E-state index is 12.8. The Balaban J connectivity index is 2.68. The summed E-state index contributed by atoms with van der Waals surface area (Å²) in [5.41, 5.74) is 4.41. The Morgan fingerprint density at radius 3 is 2.57 bits per heavy atom. The SMILES string of the molecule is COc1cc2c(cc1Cl)CCN(C)C(=O)C2C(C)=C(C)C. The molecule has 3 nitrogen and oxygen atoms in total. The third-order valence-electron chi connectivity index (χ3n) is 4.29. The Morgan fingerprint density at radius 2 is 2.00 bits per heavy atom. The number of rotatable bonds is 2. The van der Waals surface area contributed by atoms with Crippen LogP contribution in [0.4, 0.5) is 0 Å². The van der Waals surface area contributed by atoms with Gasteiger partial charge in [-0.15, -0.1) is 0 Å². The van der Waals surface area contributed by atoms with Gasteiger partial charge in [0.15, 0.2) is 0 Å². The smallest absolute Gasteiger partial charge is 0.233 e. The number of carbonyl (C=O) groups excluding carboxylic acids is 1. The minimum absolute atomic E-state index is 0.136. The van der Waals surface area contributed by atoms with E-state index in [1.807, 2.05) is 40.0 Å². The van der Waals surface area contributed by atoms with Crippen LogP contribution in [-0.4, -0.2) is 31.5 Å². The Bertz CT molecular complexity index is 603. The summed E-state index contributed by atoms with van der Waals surface area (Å²) >= 11 is 6.24. The first kappa shape index (κ1) is 15.9. The lowest BCUT2D eigenvalue weighted by molar-refractivity contribution is -0.130. The lowest BCUT2D eigenvalue weighted by Gasteiger charge is -2.23. The van der Waals surface area contributed by atoms with Crippen molar-refractivity contribution in [3.8, 4) is 5.75 Å². The number of amides is 1. The molecule has 1 unspecified atom stereocenters. The first-order valence-corrected chi connectivity index (χ1v) is 7.49. The molecule has 0 aliphatic carbocycles. The van der Waals surface area contributed by atoms with Gasteiger partial charge in [0, 0.05) is 13.6 Å². The Morgan fingerprint density at radius 1 is 1.33 bits per heavy atom. The number of ether oxygens (including phenoxy) is 1. The second-order valence-corrected chi connectivity index (χ2v) is 6.22. The second-order valence-electron chi connectivity index (χ2n) is 5.81. The maximum Gasteiger partial charge on any atom is 0.233 e. The van der Waals surface area contributed by atoms with Gasteiger partial charge < -0.3 is 9.64 Å². The fraction of sp³-hybridized carbons (Fsp3) is 0.471. The van der Waals surface area contributed by atoms with Crippen LogP contribution in [0.3, 0.4) is 0 Å². The lowest BCUT2D eigenvalue weighted by atomic mass is 9.86. The molecule has 1 atom stereocenters. The predicted octanol–water partition coefficient (Wildman–Crippen LogP) is 3.80. The van der Waals surface area contributed by atoms with Gasteiger partial charge in [0.2, 0.25) is 5.91 Å². The topological polar surface area (TPSA) is 29.5 Å². The third kappa shape index (κ3) is 2.93. The molecule has 1 aliphatic rings. The highest BCUT2D eigenvalue weighted by Gasteiger charge is 2.31. The second kappa shape index (κ2) is 6.10. The van der Waals surface area contributed by atoms with Gasteiger partial charge in [-0.05, 0) is 50.5 Å². The van der Waals surface area contributed by atoms with Crippen molar-refractivity contribution in [2.75, 3.05) is 20.7 Å². The van der Waals surface area contributed by atoms with Crippen molar-refractivity contribution >= 4 is 17.5 Å². The molecular formula is C17H22ClNO2. The quantitative estimate of drug-likeness (QED) is 0.778. The van der Waals surface area contributed by atoms with E-state index < -0.39 is 0 Å². The average molecular weight is 308 g/mol. The molecule has 0 fully saturated rings. The summed E-state index contributed by atoms with van der Waals surface area (Å²) in [6.07, 6.45) is 0.813. The van der Waals surface area contributed by atoms with Gasteiger partial charge in [0.25, 0.3) is 0 Å². The minimum atomic E-state index is -0.247. The summed E-state index contributed by atoms with van der Waals surface area (Å²) in [7, 11) is 3.46. The highest BCUT2D eigenvalue weighted by atomic mass is 35.5. The highest BCUT2D eigenvalue weighted by Crippen LogP contribution is 2.38. The summed E-state index contributed by atoms with van der Waals surface area (Å²) < 4.78 is 5.33. The van der Waals surface area contributed by atoms with E-state index in [1.54, 1.807) is 12.0 Å². The Labute approximate surface area is 131 Å². The van der Waals surface area contributed by atoms with Crippen molar-refractivity contribution in [2.24, 2.45) is 0 Å². The van der Waals surface area contributed by atoms with Crippen molar-refractivity contribution in [1.82, 2.24) is 4.90 Å². The van der Waals surface area contributed by atoms with Gasteiger partial charge in [-0.3, -0.25) is 4.79 Å². The molecule has 1 aromatic carbocycles. The van der Waals surface area contributed by atoms with Crippen molar-refractivity contribution in [3.63, 3.8) is 0 Å². The fourth-order valence-corrected chi connectivity index (χ4v) is 2.97. The summed E-state index contributed by atoms with van der Waals surface area (Å²) in [5.74, 6) is 0.514. The van der Waals surface area contributed by atoms with Crippen LogP contribution in [0.2, 0.25) is 5.02 Å². The molecule has 0 aromatic heterocycles. The van der Waals surface area contributed by atoms with Crippen LogP contribution >= 0.6 is 11.6 Å². The largest absolute Gasteiger partial charge is 0.495 e. The van der Waals surface area contributed by atoms with Gasteiger partial charge in [0.1, 0.15) is 5.75 Å². The van der Waals surface area contributed by atoms with Gasteiger partial charge >= 0.3 is 0 Å². The zero-order chi connectivity index (χ0) is 15.7. The number of fused-ring (bicyclic) bond motifs is 1. The predicted molar refractivity (Wildman–Crippen MR) is 86.1 cm³/mol. The number of hydrogen-bond acceptors (Lipinski definition) is 2. The summed E-state index contributed by atoms with van der Waals surface area (Å²) in [6.45, 7) is 6.82. The number of likely N-dealkylation sites (N-methyl/N-ethyl adjacent to an activating group) is 1. The van der Waals surface area contributed by atoms with E-state index in [2.05, 4.69) is 0 Å². The van der Waals surface area contributed by atoms with E-state index in [9.17, 15) is 4.79 Å². The highest BCUT2D eigenvalue weighted by molar-refractivity contribution is 6.32. The van der Waals surface area contributed by atoms with Crippen molar-refractivity contribution in [2.45, 2.75) is 33.1 Å². The van der Waals surface area contributed by atoms with Crippen LogP contribution in [-0.2, 0) is 11.2 Å². The Hall–Kier alpha value is -1.48. The number of allylic oxidation sites excluding steroid dienone is 1. The van der Waals surface area contributed by atoms with Crippen LogP contribution in [0.5, 0.6) is 5.75 Å². The fourth-order valence-electron chi connectivity index (χ4n) is 2.71. The molecule has 1 heterocycles. The van der Waals surface area contributed by atoms with E-state index in [1.165, 1.54) is 5.57 Å². The number of carbonyl (C=O) groups is 1. The molecule has 21 heavy (non-hydrogen) atoms. The normalized spacial score (nSPS) is 18.1.